The van der Waals surface area contributed by atoms with Crippen molar-refractivity contribution in [2.45, 2.75) is 39.4 Å². The maximum atomic E-state index is 5.75. The van der Waals surface area contributed by atoms with Crippen molar-refractivity contribution < 1.29 is 18.9 Å². The first-order valence-corrected chi connectivity index (χ1v) is 8.83. The highest BCUT2D eigenvalue weighted by atomic mass is 16.7. The van der Waals surface area contributed by atoms with Gasteiger partial charge in [-0.3, -0.25) is 0 Å². The largest absolute Gasteiger partial charge is 0.468 e. The highest BCUT2D eigenvalue weighted by molar-refractivity contribution is 5.29. The molecule has 4 heteroatoms. The van der Waals surface area contributed by atoms with Gasteiger partial charge in [-0.15, -0.1) is 0 Å². The smallest absolute Gasteiger partial charge is 0.197 e. The molecule has 0 aliphatic heterocycles. The van der Waals surface area contributed by atoms with Crippen LogP contribution in [0.2, 0.25) is 0 Å². The summed E-state index contributed by atoms with van der Waals surface area (Å²) < 4.78 is 22.2. The Morgan fingerprint density at radius 1 is 0.840 bits per heavy atom. The number of hydrogen-bond acceptors (Lipinski definition) is 4. The van der Waals surface area contributed by atoms with Crippen molar-refractivity contribution in [2.24, 2.45) is 0 Å². The fraction of sp³-hybridized carbons (Fsp3) is 0.429. The third-order valence-corrected chi connectivity index (χ3v) is 4.00. The van der Waals surface area contributed by atoms with Crippen molar-refractivity contribution in [2.75, 3.05) is 20.0 Å². The van der Waals surface area contributed by atoms with Gasteiger partial charge in [-0.25, -0.2) is 0 Å². The first kappa shape index (κ1) is 19.3. The van der Waals surface area contributed by atoms with Crippen molar-refractivity contribution in [3.8, 4) is 11.5 Å². The zero-order valence-corrected chi connectivity index (χ0v) is 15.3. The maximum absolute atomic E-state index is 5.75. The lowest BCUT2D eigenvalue weighted by Crippen LogP contribution is -2.19. The van der Waals surface area contributed by atoms with Gasteiger partial charge in [0.05, 0.1) is 13.2 Å². The molecule has 0 aliphatic rings. The molecule has 25 heavy (non-hydrogen) atoms. The highest BCUT2D eigenvalue weighted by Crippen LogP contribution is 2.22. The van der Waals surface area contributed by atoms with E-state index in [0.717, 1.165) is 17.9 Å². The molecule has 0 aliphatic carbocycles. The van der Waals surface area contributed by atoms with E-state index in [9.17, 15) is 0 Å². The molecule has 0 aromatic heterocycles. The molecular formula is C21H28O4. The summed E-state index contributed by atoms with van der Waals surface area (Å²) >= 11 is 0. The van der Waals surface area contributed by atoms with Crippen molar-refractivity contribution in [1.82, 2.24) is 0 Å². The lowest BCUT2D eigenvalue weighted by molar-refractivity contribution is -0.0944. The van der Waals surface area contributed by atoms with Crippen LogP contribution in [0, 0.1) is 0 Å². The van der Waals surface area contributed by atoms with Crippen LogP contribution in [-0.2, 0) is 9.47 Å². The monoisotopic (exact) mass is 344 g/mol. The van der Waals surface area contributed by atoms with Crippen LogP contribution in [0.15, 0.2) is 54.6 Å². The predicted molar refractivity (Wildman–Crippen MR) is 99.1 cm³/mol. The minimum absolute atomic E-state index is 0.208. The SMILES string of the molecule is CCC(C)c1ccc(OC(C)OCCOCOc2ccccc2)cc1. The van der Waals surface area contributed by atoms with Gasteiger partial charge in [-0.1, -0.05) is 44.2 Å². The molecule has 0 fully saturated rings. The number of hydrogen-bond donors (Lipinski definition) is 0. The molecule has 0 heterocycles. The van der Waals surface area contributed by atoms with Gasteiger partial charge in [0, 0.05) is 0 Å². The Bertz CT molecular complexity index is 583. The van der Waals surface area contributed by atoms with Crippen LogP contribution in [0.5, 0.6) is 11.5 Å². The molecule has 0 saturated heterocycles. The van der Waals surface area contributed by atoms with Crippen LogP contribution < -0.4 is 9.47 Å². The lowest BCUT2D eigenvalue weighted by atomic mass is 9.99. The summed E-state index contributed by atoms with van der Waals surface area (Å²) in [5, 5.41) is 0. The second-order valence-electron chi connectivity index (χ2n) is 5.92. The average Bonchev–Trinajstić information content (AvgIpc) is 2.65. The number of ether oxygens (including phenoxy) is 4. The number of benzene rings is 2. The van der Waals surface area contributed by atoms with Gasteiger partial charge in [0.25, 0.3) is 0 Å². The first-order valence-electron chi connectivity index (χ1n) is 8.83. The minimum atomic E-state index is -0.326. The van der Waals surface area contributed by atoms with Gasteiger partial charge in [-0.2, -0.15) is 0 Å². The van der Waals surface area contributed by atoms with Crippen LogP contribution in [-0.4, -0.2) is 26.3 Å². The lowest BCUT2D eigenvalue weighted by Gasteiger charge is -2.16. The summed E-state index contributed by atoms with van der Waals surface area (Å²) in [6.07, 6.45) is 0.807. The molecule has 0 spiro atoms. The van der Waals surface area contributed by atoms with Crippen LogP contribution in [0.1, 0.15) is 38.7 Å². The molecule has 2 rings (SSSR count). The second-order valence-corrected chi connectivity index (χ2v) is 5.92. The molecular weight excluding hydrogens is 316 g/mol. The van der Waals surface area contributed by atoms with Crippen molar-refractivity contribution in [3.63, 3.8) is 0 Å². The highest BCUT2D eigenvalue weighted by Gasteiger charge is 2.06. The Morgan fingerprint density at radius 3 is 2.24 bits per heavy atom. The van der Waals surface area contributed by atoms with Crippen molar-refractivity contribution in [1.29, 1.82) is 0 Å². The molecule has 0 radical (unpaired) electrons. The van der Waals surface area contributed by atoms with Gasteiger partial charge >= 0.3 is 0 Å². The van der Waals surface area contributed by atoms with E-state index >= 15 is 0 Å². The Kier molecular flexibility index (Phi) is 8.29. The summed E-state index contributed by atoms with van der Waals surface area (Å²) in [6.45, 7) is 7.40. The van der Waals surface area contributed by atoms with Gasteiger partial charge in [0.15, 0.2) is 13.1 Å². The molecule has 2 unspecified atom stereocenters. The third-order valence-electron chi connectivity index (χ3n) is 4.00. The van der Waals surface area contributed by atoms with E-state index in [2.05, 4.69) is 26.0 Å². The topological polar surface area (TPSA) is 36.9 Å². The summed E-state index contributed by atoms with van der Waals surface area (Å²) in [6, 6.07) is 17.8. The van der Waals surface area contributed by atoms with Gasteiger partial charge in [0.2, 0.25) is 0 Å². The van der Waals surface area contributed by atoms with Crippen molar-refractivity contribution in [3.05, 3.63) is 60.2 Å². The van der Waals surface area contributed by atoms with Gasteiger partial charge < -0.3 is 18.9 Å². The zero-order valence-electron chi connectivity index (χ0n) is 15.3. The summed E-state index contributed by atoms with van der Waals surface area (Å²) in [7, 11) is 0. The van der Waals surface area contributed by atoms with E-state index in [1.54, 1.807) is 0 Å². The molecule has 0 saturated carbocycles. The number of para-hydroxylation sites is 1. The summed E-state index contributed by atoms with van der Waals surface area (Å²) in [4.78, 5) is 0. The van der Waals surface area contributed by atoms with Crippen LogP contribution >= 0.6 is 0 Å². The van der Waals surface area contributed by atoms with Crippen molar-refractivity contribution >= 4 is 0 Å². The molecule has 2 aromatic rings. The van der Waals surface area contributed by atoms with E-state index in [1.165, 1.54) is 5.56 Å². The summed E-state index contributed by atoms with van der Waals surface area (Å²) in [5.74, 6) is 2.17. The fourth-order valence-electron chi connectivity index (χ4n) is 2.29. The molecule has 0 bridgehead atoms. The first-order chi connectivity index (χ1) is 12.2. The standard InChI is InChI=1S/C21H28O4/c1-4-17(2)19-10-12-21(13-11-19)25-18(3)23-15-14-22-16-24-20-8-6-5-7-9-20/h5-13,17-18H,4,14-16H2,1-3H3. The minimum Gasteiger partial charge on any atom is -0.468 e. The zero-order chi connectivity index (χ0) is 17.9. The Morgan fingerprint density at radius 2 is 1.56 bits per heavy atom. The third kappa shape index (κ3) is 7.16. The van der Waals surface area contributed by atoms with E-state index in [0.29, 0.717) is 19.1 Å². The predicted octanol–water partition coefficient (Wildman–Crippen LogP) is 4.99. The number of rotatable bonds is 11. The Hall–Kier alpha value is -2.04. The maximum Gasteiger partial charge on any atom is 0.197 e. The quantitative estimate of drug-likeness (QED) is 0.425. The molecule has 0 N–H and O–H groups in total. The van der Waals surface area contributed by atoms with E-state index in [4.69, 9.17) is 18.9 Å². The average molecular weight is 344 g/mol. The van der Waals surface area contributed by atoms with Crippen LogP contribution in [0.25, 0.3) is 0 Å². The Balaban J connectivity index is 1.58. The molecule has 2 atom stereocenters. The molecule has 136 valence electrons. The Labute approximate surface area is 150 Å². The van der Waals surface area contributed by atoms with E-state index < -0.39 is 0 Å². The normalized spacial score (nSPS) is 13.2. The molecule has 2 aromatic carbocycles. The fourth-order valence-corrected chi connectivity index (χ4v) is 2.29. The van der Waals surface area contributed by atoms with Crippen LogP contribution in [0.3, 0.4) is 0 Å². The second kappa shape index (κ2) is 10.7. The molecule has 4 nitrogen and oxygen atoms in total. The summed E-state index contributed by atoms with van der Waals surface area (Å²) in [5.41, 5.74) is 1.33. The molecule has 0 amide bonds. The van der Waals surface area contributed by atoms with E-state index in [1.807, 2.05) is 49.4 Å². The van der Waals surface area contributed by atoms with Gasteiger partial charge in [0.1, 0.15) is 11.5 Å². The van der Waals surface area contributed by atoms with Crippen LogP contribution in [0.4, 0.5) is 0 Å². The van der Waals surface area contributed by atoms with Gasteiger partial charge in [-0.05, 0) is 49.1 Å². The van der Waals surface area contributed by atoms with E-state index in [-0.39, 0.29) is 13.1 Å².